The summed E-state index contributed by atoms with van der Waals surface area (Å²) in [4.78, 5) is 11.2. The molecule has 0 heterocycles. The van der Waals surface area contributed by atoms with Crippen LogP contribution in [0.4, 0.5) is 0 Å². The third-order valence-corrected chi connectivity index (χ3v) is 2.39. The topological polar surface area (TPSA) is 64.3 Å². The second kappa shape index (κ2) is 7.65. The van der Waals surface area contributed by atoms with E-state index in [0.29, 0.717) is 19.8 Å². The Labute approximate surface area is 92.6 Å². The monoisotopic (exact) mass is 216 g/mol. The molecular weight excluding hydrogens is 192 g/mol. The van der Waals surface area contributed by atoms with Gasteiger partial charge in [-0.2, -0.15) is 0 Å². The second-order valence-corrected chi connectivity index (χ2v) is 3.99. The first-order chi connectivity index (χ1) is 7.06. The molecule has 0 fully saturated rings. The fraction of sp³-hybridized carbons (Fsp3) is 0.909. The van der Waals surface area contributed by atoms with Crippen molar-refractivity contribution in [3.05, 3.63) is 0 Å². The van der Waals surface area contributed by atoms with Crippen LogP contribution in [-0.2, 0) is 9.53 Å². The predicted octanol–water partition coefficient (Wildman–Crippen LogP) is 1.05. The maximum Gasteiger partial charge on any atom is 0.239 e. The van der Waals surface area contributed by atoms with E-state index in [4.69, 9.17) is 10.5 Å². The highest BCUT2D eigenvalue weighted by atomic mass is 16.5. The first-order valence-corrected chi connectivity index (χ1v) is 5.69. The van der Waals surface area contributed by atoms with Crippen molar-refractivity contribution in [3.63, 3.8) is 0 Å². The third kappa shape index (κ3) is 5.74. The Hall–Kier alpha value is -0.610. The minimum absolute atomic E-state index is 0.347. The highest BCUT2D eigenvalue weighted by molar-refractivity contribution is 5.84. The molecule has 0 bridgehead atoms. The maximum atomic E-state index is 11.2. The number of carbonyl (C=O) groups is 1. The third-order valence-electron chi connectivity index (χ3n) is 2.39. The van der Waals surface area contributed by atoms with Crippen LogP contribution in [0.25, 0.3) is 0 Å². The van der Waals surface area contributed by atoms with E-state index in [-0.39, 0.29) is 5.91 Å². The van der Waals surface area contributed by atoms with Gasteiger partial charge in [-0.15, -0.1) is 0 Å². The molecule has 90 valence electrons. The molecule has 0 aliphatic rings. The lowest BCUT2D eigenvalue weighted by Crippen LogP contribution is -2.56. The van der Waals surface area contributed by atoms with Gasteiger partial charge in [-0.1, -0.05) is 26.7 Å². The molecule has 4 heteroatoms. The van der Waals surface area contributed by atoms with Crippen molar-refractivity contribution in [1.29, 1.82) is 0 Å². The molecule has 1 atom stereocenters. The molecule has 1 unspecified atom stereocenters. The fourth-order valence-electron chi connectivity index (χ4n) is 1.33. The predicted molar refractivity (Wildman–Crippen MR) is 61.6 cm³/mol. The van der Waals surface area contributed by atoms with Gasteiger partial charge >= 0.3 is 0 Å². The molecule has 0 aliphatic heterocycles. The van der Waals surface area contributed by atoms with Gasteiger partial charge in [0.1, 0.15) is 5.54 Å². The fourth-order valence-corrected chi connectivity index (χ4v) is 1.33. The largest absolute Gasteiger partial charge is 0.379 e. The SMILES string of the molecule is CCCCCOCC(C)(NCC)C(N)=O. The van der Waals surface area contributed by atoms with Gasteiger partial charge in [0, 0.05) is 6.61 Å². The van der Waals surface area contributed by atoms with E-state index in [0.717, 1.165) is 12.8 Å². The standard InChI is InChI=1S/C11H24N2O2/c1-4-6-7-8-15-9-11(3,10(12)14)13-5-2/h13H,4-9H2,1-3H3,(H2,12,14). The number of primary amides is 1. The van der Waals surface area contributed by atoms with E-state index >= 15 is 0 Å². The summed E-state index contributed by atoms with van der Waals surface area (Å²) in [5.74, 6) is -0.361. The van der Waals surface area contributed by atoms with Crippen LogP contribution >= 0.6 is 0 Å². The lowest BCUT2D eigenvalue weighted by Gasteiger charge is -2.26. The van der Waals surface area contributed by atoms with Crippen molar-refractivity contribution < 1.29 is 9.53 Å². The zero-order valence-electron chi connectivity index (χ0n) is 10.1. The van der Waals surface area contributed by atoms with Gasteiger partial charge in [0.25, 0.3) is 0 Å². The van der Waals surface area contributed by atoms with Gasteiger partial charge in [0.15, 0.2) is 0 Å². The molecule has 0 aromatic rings. The number of carbonyl (C=O) groups excluding carboxylic acids is 1. The van der Waals surface area contributed by atoms with Gasteiger partial charge in [0.2, 0.25) is 5.91 Å². The molecule has 0 radical (unpaired) electrons. The summed E-state index contributed by atoms with van der Waals surface area (Å²) in [6.07, 6.45) is 3.37. The normalized spacial score (nSPS) is 14.9. The molecule has 0 saturated heterocycles. The first-order valence-electron chi connectivity index (χ1n) is 5.69. The van der Waals surface area contributed by atoms with Crippen molar-refractivity contribution in [3.8, 4) is 0 Å². The van der Waals surface area contributed by atoms with Crippen LogP contribution in [0.5, 0.6) is 0 Å². The van der Waals surface area contributed by atoms with Crippen molar-refractivity contribution >= 4 is 5.91 Å². The van der Waals surface area contributed by atoms with Crippen LogP contribution in [0.2, 0.25) is 0 Å². The number of hydrogen-bond acceptors (Lipinski definition) is 3. The Balaban J connectivity index is 3.81. The summed E-state index contributed by atoms with van der Waals surface area (Å²) in [7, 11) is 0. The number of ether oxygens (including phenoxy) is 1. The van der Waals surface area contributed by atoms with Crippen LogP contribution < -0.4 is 11.1 Å². The Bertz CT molecular complexity index is 185. The molecule has 15 heavy (non-hydrogen) atoms. The van der Waals surface area contributed by atoms with Gasteiger partial charge in [0.05, 0.1) is 6.61 Å². The molecule has 4 nitrogen and oxygen atoms in total. The Morgan fingerprint density at radius 3 is 2.53 bits per heavy atom. The summed E-state index contributed by atoms with van der Waals surface area (Å²) in [5, 5.41) is 3.05. The van der Waals surface area contributed by atoms with Crippen LogP contribution in [0.3, 0.4) is 0 Å². The van der Waals surface area contributed by atoms with Gasteiger partial charge < -0.3 is 15.8 Å². The van der Waals surface area contributed by atoms with Crippen molar-refractivity contribution in [2.45, 2.75) is 45.6 Å². The Morgan fingerprint density at radius 1 is 1.40 bits per heavy atom. The number of hydrogen-bond donors (Lipinski definition) is 2. The highest BCUT2D eigenvalue weighted by Crippen LogP contribution is 2.04. The van der Waals surface area contributed by atoms with E-state index in [2.05, 4.69) is 12.2 Å². The Morgan fingerprint density at radius 2 is 2.07 bits per heavy atom. The van der Waals surface area contributed by atoms with Gasteiger partial charge in [-0.05, 0) is 19.9 Å². The maximum absolute atomic E-state index is 11.2. The zero-order valence-corrected chi connectivity index (χ0v) is 10.1. The smallest absolute Gasteiger partial charge is 0.239 e. The molecule has 0 aromatic carbocycles. The van der Waals surface area contributed by atoms with Crippen LogP contribution in [0.15, 0.2) is 0 Å². The molecule has 0 rings (SSSR count). The van der Waals surface area contributed by atoms with E-state index in [1.807, 2.05) is 6.92 Å². The van der Waals surface area contributed by atoms with Crippen LogP contribution in [-0.4, -0.2) is 31.2 Å². The molecule has 1 amide bonds. The number of unbranched alkanes of at least 4 members (excludes halogenated alkanes) is 2. The summed E-state index contributed by atoms with van der Waals surface area (Å²) >= 11 is 0. The number of rotatable bonds is 9. The summed E-state index contributed by atoms with van der Waals surface area (Å²) in [6.45, 7) is 7.61. The summed E-state index contributed by atoms with van der Waals surface area (Å²) in [6, 6.07) is 0. The van der Waals surface area contributed by atoms with E-state index in [1.165, 1.54) is 6.42 Å². The van der Waals surface area contributed by atoms with Crippen LogP contribution in [0.1, 0.15) is 40.0 Å². The molecule has 0 spiro atoms. The molecular formula is C11H24N2O2. The minimum atomic E-state index is -0.735. The van der Waals surface area contributed by atoms with Crippen LogP contribution in [0, 0.1) is 0 Å². The van der Waals surface area contributed by atoms with E-state index < -0.39 is 5.54 Å². The van der Waals surface area contributed by atoms with Crippen molar-refractivity contribution in [2.75, 3.05) is 19.8 Å². The molecule has 3 N–H and O–H groups in total. The second-order valence-electron chi connectivity index (χ2n) is 3.99. The summed E-state index contributed by atoms with van der Waals surface area (Å²) < 4.78 is 5.45. The molecule has 0 aliphatic carbocycles. The van der Waals surface area contributed by atoms with Crippen molar-refractivity contribution in [1.82, 2.24) is 5.32 Å². The molecule has 0 aromatic heterocycles. The average Bonchev–Trinajstić information content (AvgIpc) is 2.18. The van der Waals surface area contributed by atoms with E-state index in [9.17, 15) is 4.79 Å². The zero-order chi connectivity index (χ0) is 11.7. The quantitative estimate of drug-likeness (QED) is 0.566. The van der Waals surface area contributed by atoms with Gasteiger partial charge in [-0.3, -0.25) is 4.79 Å². The number of nitrogens with one attached hydrogen (secondary N) is 1. The number of nitrogens with two attached hydrogens (primary N) is 1. The summed E-state index contributed by atoms with van der Waals surface area (Å²) in [5.41, 5.74) is 4.58. The first kappa shape index (κ1) is 14.4. The highest BCUT2D eigenvalue weighted by Gasteiger charge is 2.29. The van der Waals surface area contributed by atoms with Gasteiger partial charge in [-0.25, -0.2) is 0 Å². The lowest BCUT2D eigenvalue weighted by molar-refractivity contribution is -0.126. The average molecular weight is 216 g/mol. The van der Waals surface area contributed by atoms with Crippen molar-refractivity contribution in [2.24, 2.45) is 5.73 Å². The minimum Gasteiger partial charge on any atom is -0.379 e. The Kier molecular flexibility index (Phi) is 7.34. The molecule has 0 saturated carbocycles. The number of likely N-dealkylation sites (N-methyl/N-ethyl adjacent to an activating group) is 1. The number of amides is 1. The van der Waals surface area contributed by atoms with E-state index in [1.54, 1.807) is 6.92 Å². The lowest BCUT2D eigenvalue weighted by atomic mass is 10.0.